The molecule has 1 saturated heterocycles. The second-order valence-electron chi connectivity index (χ2n) is 6.71. The van der Waals surface area contributed by atoms with Crippen molar-refractivity contribution >= 4 is 0 Å². The lowest BCUT2D eigenvalue weighted by molar-refractivity contribution is 0.303. The molecule has 1 aromatic heterocycles. The monoisotopic (exact) mass is 299 g/mol. The maximum absolute atomic E-state index is 4.07. The number of hydrogen-bond donors (Lipinski definition) is 0. The molecule has 22 heavy (non-hydrogen) atoms. The molecule has 5 heteroatoms. The Kier molecular flexibility index (Phi) is 4.52. The maximum Gasteiger partial charge on any atom is 0.164 e. The Morgan fingerprint density at radius 3 is 2.64 bits per heavy atom. The van der Waals surface area contributed by atoms with E-state index in [0.29, 0.717) is 5.92 Å². The zero-order valence-corrected chi connectivity index (χ0v) is 13.7. The highest BCUT2D eigenvalue weighted by atomic mass is 15.5. The summed E-state index contributed by atoms with van der Waals surface area (Å²) < 4.78 is 1.76. The topological polar surface area (TPSA) is 46.8 Å². The standard InChI is InChI=1S/C17H25N5/c1-13(2)16-6-4-14(5-7-16)10-15-8-9-22(11-15)12-17-18-19-20-21(17)3/h4-7,13,15H,8-12H2,1-3H3. The van der Waals surface area contributed by atoms with Gasteiger partial charge < -0.3 is 0 Å². The summed E-state index contributed by atoms with van der Waals surface area (Å²) in [6.45, 7) is 7.61. The van der Waals surface area contributed by atoms with Crippen LogP contribution in [0.5, 0.6) is 0 Å². The van der Waals surface area contributed by atoms with Crippen LogP contribution in [0.1, 0.15) is 43.1 Å². The minimum Gasteiger partial charge on any atom is -0.296 e. The first-order valence-electron chi connectivity index (χ1n) is 8.14. The Balaban J connectivity index is 1.53. The van der Waals surface area contributed by atoms with Crippen LogP contribution in [-0.4, -0.2) is 38.2 Å². The molecule has 2 heterocycles. The quantitative estimate of drug-likeness (QED) is 0.850. The number of rotatable bonds is 5. The third kappa shape index (κ3) is 3.53. The van der Waals surface area contributed by atoms with Crippen molar-refractivity contribution in [3.8, 4) is 0 Å². The van der Waals surface area contributed by atoms with E-state index in [0.717, 1.165) is 31.4 Å². The molecule has 2 aromatic rings. The van der Waals surface area contributed by atoms with E-state index in [1.54, 1.807) is 4.68 Å². The molecular weight excluding hydrogens is 274 g/mol. The van der Waals surface area contributed by atoms with Crippen molar-refractivity contribution in [3.63, 3.8) is 0 Å². The Bertz CT molecular complexity index is 602. The summed E-state index contributed by atoms with van der Waals surface area (Å²) in [5.41, 5.74) is 2.88. The molecule has 0 N–H and O–H groups in total. The van der Waals surface area contributed by atoms with Crippen molar-refractivity contribution in [2.45, 2.75) is 39.2 Å². The zero-order chi connectivity index (χ0) is 15.5. The van der Waals surface area contributed by atoms with Crippen molar-refractivity contribution in [3.05, 3.63) is 41.2 Å². The molecular formula is C17H25N5. The second kappa shape index (κ2) is 6.57. The fourth-order valence-electron chi connectivity index (χ4n) is 3.18. The molecule has 3 rings (SSSR count). The molecule has 1 fully saturated rings. The van der Waals surface area contributed by atoms with Gasteiger partial charge in [-0.2, -0.15) is 0 Å². The van der Waals surface area contributed by atoms with Gasteiger partial charge >= 0.3 is 0 Å². The molecule has 1 aliphatic rings. The summed E-state index contributed by atoms with van der Waals surface area (Å²) in [5, 5.41) is 11.7. The van der Waals surface area contributed by atoms with Gasteiger partial charge in [0.1, 0.15) is 0 Å². The number of aryl methyl sites for hydroxylation is 1. The average Bonchev–Trinajstić information content (AvgIpc) is 3.10. The molecule has 0 amide bonds. The van der Waals surface area contributed by atoms with Gasteiger partial charge in [-0.3, -0.25) is 4.90 Å². The number of likely N-dealkylation sites (tertiary alicyclic amines) is 1. The van der Waals surface area contributed by atoms with Crippen molar-refractivity contribution in [2.75, 3.05) is 13.1 Å². The van der Waals surface area contributed by atoms with Gasteiger partial charge in [0.15, 0.2) is 5.82 Å². The number of tetrazole rings is 1. The SMILES string of the molecule is CC(C)c1ccc(CC2CCN(Cc3nnnn3C)C2)cc1. The zero-order valence-electron chi connectivity index (χ0n) is 13.7. The van der Waals surface area contributed by atoms with E-state index in [1.807, 2.05) is 7.05 Å². The summed E-state index contributed by atoms with van der Waals surface area (Å²) in [6, 6.07) is 9.14. The van der Waals surface area contributed by atoms with Gasteiger partial charge in [-0.25, -0.2) is 4.68 Å². The lowest BCUT2D eigenvalue weighted by atomic mass is 9.96. The molecule has 1 atom stereocenters. The summed E-state index contributed by atoms with van der Waals surface area (Å²) in [5.74, 6) is 2.30. The largest absolute Gasteiger partial charge is 0.296 e. The van der Waals surface area contributed by atoms with Crippen LogP contribution in [-0.2, 0) is 20.0 Å². The van der Waals surface area contributed by atoms with Crippen LogP contribution in [0.2, 0.25) is 0 Å². The number of nitrogens with zero attached hydrogens (tertiary/aromatic N) is 5. The van der Waals surface area contributed by atoms with Crippen molar-refractivity contribution < 1.29 is 0 Å². The molecule has 0 radical (unpaired) electrons. The lowest BCUT2D eigenvalue weighted by Gasteiger charge is -2.15. The van der Waals surface area contributed by atoms with E-state index < -0.39 is 0 Å². The van der Waals surface area contributed by atoms with Gasteiger partial charge in [-0.05, 0) is 52.8 Å². The van der Waals surface area contributed by atoms with Crippen molar-refractivity contribution in [1.82, 2.24) is 25.1 Å². The van der Waals surface area contributed by atoms with Crippen LogP contribution in [0.15, 0.2) is 24.3 Å². The first-order chi connectivity index (χ1) is 10.6. The lowest BCUT2D eigenvalue weighted by Crippen LogP contribution is -2.22. The molecule has 0 spiro atoms. The molecule has 0 saturated carbocycles. The van der Waals surface area contributed by atoms with Crippen LogP contribution in [0, 0.1) is 5.92 Å². The highest BCUT2D eigenvalue weighted by Crippen LogP contribution is 2.23. The molecule has 1 aromatic carbocycles. The summed E-state index contributed by atoms with van der Waals surface area (Å²) in [7, 11) is 1.90. The molecule has 1 aliphatic heterocycles. The maximum atomic E-state index is 4.07. The van der Waals surface area contributed by atoms with E-state index >= 15 is 0 Å². The summed E-state index contributed by atoms with van der Waals surface area (Å²) in [6.07, 6.45) is 2.43. The molecule has 0 aliphatic carbocycles. The average molecular weight is 299 g/mol. The van der Waals surface area contributed by atoms with Crippen molar-refractivity contribution in [1.29, 1.82) is 0 Å². The van der Waals surface area contributed by atoms with E-state index in [1.165, 1.54) is 24.0 Å². The van der Waals surface area contributed by atoms with E-state index in [-0.39, 0.29) is 0 Å². The van der Waals surface area contributed by atoms with E-state index in [4.69, 9.17) is 0 Å². The van der Waals surface area contributed by atoms with Crippen LogP contribution in [0.3, 0.4) is 0 Å². The van der Waals surface area contributed by atoms with E-state index in [2.05, 4.69) is 58.5 Å². The predicted molar refractivity (Wildman–Crippen MR) is 86.4 cm³/mol. The highest BCUT2D eigenvalue weighted by Gasteiger charge is 2.23. The number of hydrogen-bond acceptors (Lipinski definition) is 4. The fraction of sp³-hybridized carbons (Fsp3) is 0.588. The summed E-state index contributed by atoms with van der Waals surface area (Å²) >= 11 is 0. The van der Waals surface area contributed by atoms with Gasteiger partial charge in [0.05, 0.1) is 6.54 Å². The van der Waals surface area contributed by atoms with Gasteiger partial charge in [0, 0.05) is 13.6 Å². The minimum atomic E-state index is 0.607. The van der Waals surface area contributed by atoms with Crippen LogP contribution >= 0.6 is 0 Å². The molecule has 0 bridgehead atoms. The third-order valence-electron chi connectivity index (χ3n) is 4.61. The minimum absolute atomic E-state index is 0.607. The Morgan fingerprint density at radius 1 is 1.23 bits per heavy atom. The summed E-state index contributed by atoms with van der Waals surface area (Å²) in [4.78, 5) is 2.46. The van der Waals surface area contributed by atoms with E-state index in [9.17, 15) is 0 Å². The number of benzene rings is 1. The van der Waals surface area contributed by atoms with Crippen molar-refractivity contribution in [2.24, 2.45) is 13.0 Å². The van der Waals surface area contributed by atoms with Crippen LogP contribution in [0.4, 0.5) is 0 Å². The Hall–Kier alpha value is -1.75. The van der Waals surface area contributed by atoms with Gasteiger partial charge in [-0.15, -0.1) is 5.10 Å². The van der Waals surface area contributed by atoms with Gasteiger partial charge in [-0.1, -0.05) is 38.1 Å². The third-order valence-corrected chi connectivity index (χ3v) is 4.61. The highest BCUT2D eigenvalue weighted by molar-refractivity contribution is 5.25. The van der Waals surface area contributed by atoms with Crippen LogP contribution < -0.4 is 0 Å². The normalized spacial score (nSPS) is 19.2. The predicted octanol–water partition coefficient (Wildman–Crippen LogP) is 2.40. The smallest absolute Gasteiger partial charge is 0.164 e. The molecule has 5 nitrogen and oxygen atoms in total. The Morgan fingerprint density at radius 2 is 2.00 bits per heavy atom. The fourth-order valence-corrected chi connectivity index (χ4v) is 3.18. The molecule has 1 unspecified atom stereocenters. The van der Waals surface area contributed by atoms with Gasteiger partial charge in [0.2, 0.25) is 0 Å². The van der Waals surface area contributed by atoms with Gasteiger partial charge in [0.25, 0.3) is 0 Å². The second-order valence-corrected chi connectivity index (χ2v) is 6.71. The first kappa shape index (κ1) is 15.2. The first-order valence-corrected chi connectivity index (χ1v) is 8.14. The number of aromatic nitrogens is 4. The van der Waals surface area contributed by atoms with Crippen LogP contribution in [0.25, 0.3) is 0 Å². The molecule has 118 valence electrons. The Labute approximate surface area is 132 Å².